The zero-order chi connectivity index (χ0) is 22.9. The fraction of sp³-hybridized carbons (Fsp3) is 0.625. The Morgan fingerprint density at radius 2 is 2.09 bits per heavy atom. The number of nitrogens with zero attached hydrogens (tertiary/aromatic N) is 3. The van der Waals surface area contributed by atoms with Gasteiger partial charge in [0.25, 0.3) is 5.91 Å². The summed E-state index contributed by atoms with van der Waals surface area (Å²) in [6, 6.07) is 7.64. The van der Waals surface area contributed by atoms with Crippen LogP contribution in [-0.2, 0) is 21.5 Å². The maximum absolute atomic E-state index is 14.1. The van der Waals surface area contributed by atoms with Gasteiger partial charge in [-0.3, -0.25) is 9.69 Å². The number of halogens is 2. The molecule has 4 atom stereocenters. The smallest absolute Gasteiger partial charge is 0.262 e. The lowest BCUT2D eigenvalue weighted by atomic mass is 9.59. The number of rotatable bonds is 3. The Bertz CT molecular complexity index is 1040. The van der Waals surface area contributed by atoms with E-state index in [1.165, 1.54) is 4.90 Å². The summed E-state index contributed by atoms with van der Waals surface area (Å²) in [5, 5.41) is 9.49. The van der Waals surface area contributed by atoms with Crippen LogP contribution in [0.15, 0.2) is 23.2 Å². The molecule has 5 rings (SSSR count). The first-order valence-corrected chi connectivity index (χ1v) is 11.3. The van der Waals surface area contributed by atoms with E-state index in [-0.39, 0.29) is 49.2 Å². The summed E-state index contributed by atoms with van der Waals surface area (Å²) in [6.45, 7) is 2.29. The van der Waals surface area contributed by atoms with Gasteiger partial charge in [0.2, 0.25) is 5.92 Å². The number of nitriles is 1. The zero-order valence-corrected chi connectivity index (χ0v) is 18.4. The van der Waals surface area contributed by atoms with E-state index in [2.05, 4.69) is 13.0 Å². The SMILES string of the molecule is CO[C@H]1CC[C@@]2(Cc3ccc(C#N)cc3[C@]23N=C(N)N(CC2CC(F)(F)C2)C3=O)C[C@@H]1C. The van der Waals surface area contributed by atoms with Gasteiger partial charge in [0, 0.05) is 31.9 Å². The molecule has 2 fully saturated rings. The number of hydrogen-bond acceptors (Lipinski definition) is 5. The number of fused-ring (bicyclic) bond motifs is 3. The van der Waals surface area contributed by atoms with Gasteiger partial charge in [-0.1, -0.05) is 13.0 Å². The lowest BCUT2D eigenvalue weighted by molar-refractivity contribution is -0.144. The van der Waals surface area contributed by atoms with Crippen LogP contribution in [0.2, 0.25) is 0 Å². The molecule has 0 bridgehead atoms. The lowest BCUT2D eigenvalue weighted by Crippen LogP contribution is -2.55. The summed E-state index contributed by atoms with van der Waals surface area (Å²) in [5.74, 6) is -2.86. The molecule has 1 amide bonds. The largest absolute Gasteiger partial charge is 0.381 e. The summed E-state index contributed by atoms with van der Waals surface area (Å²) in [7, 11) is 1.71. The molecule has 0 aromatic heterocycles. The summed E-state index contributed by atoms with van der Waals surface area (Å²) in [5.41, 5.74) is 6.84. The highest BCUT2D eigenvalue weighted by molar-refractivity contribution is 6.08. The first-order valence-electron chi connectivity index (χ1n) is 11.3. The van der Waals surface area contributed by atoms with E-state index >= 15 is 0 Å². The topological polar surface area (TPSA) is 91.7 Å². The van der Waals surface area contributed by atoms with Crippen molar-refractivity contribution in [3.05, 3.63) is 34.9 Å². The molecule has 170 valence electrons. The Morgan fingerprint density at radius 3 is 2.72 bits per heavy atom. The molecule has 0 unspecified atom stereocenters. The second kappa shape index (κ2) is 6.98. The van der Waals surface area contributed by atoms with Gasteiger partial charge in [0.05, 0.1) is 17.7 Å². The van der Waals surface area contributed by atoms with Gasteiger partial charge in [-0.25, -0.2) is 13.8 Å². The van der Waals surface area contributed by atoms with E-state index in [0.717, 1.165) is 30.4 Å². The number of methoxy groups -OCH3 is 1. The second-order valence-electron chi connectivity index (χ2n) is 10.2. The van der Waals surface area contributed by atoms with Crippen LogP contribution < -0.4 is 5.73 Å². The molecular formula is C24H28F2N4O2. The van der Waals surface area contributed by atoms with Crippen molar-refractivity contribution in [1.82, 2.24) is 4.90 Å². The van der Waals surface area contributed by atoms with E-state index in [9.17, 15) is 18.8 Å². The van der Waals surface area contributed by atoms with Crippen molar-refractivity contribution in [2.24, 2.45) is 28.0 Å². The monoisotopic (exact) mass is 442 g/mol. The summed E-state index contributed by atoms with van der Waals surface area (Å²) in [4.78, 5) is 20.4. The highest BCUT2D eigenvalue weighted by atomic mass is 19.3. The molecule has 2 N–H and O–H groups in total. The van der Waals surface area contributed by atoms with Gasteiger partial charge in [-0.15, -0.1) is 0 Å². The Balaban J connectivity index is 1.57. The predicted octanol–water partition coefficient (Wildman–Crippen LogP) is 3.33. The van der Waals surface area contributed by atoms with E-state index in [4.69, 9.17) is 15.5 Å². The number of carbonyl (C=O) groups is 1. The van der Waals surface area contributed by atoms with E-state index in [1.807, 2.05) is 6.07 Å². The first kappa shape index (κ1) is 21.3. The fourth-order valence-corrected chi connectivity index (χ4v) is 6.76. The predicted molar refractivity (Wildman–Crippen MR) is 114 cm³/mol. The van der Waals surface area contributed by atoms with Crippen LogP contribution in [0.3, 0.4) is 0 Å². The van der Waals surface area contributed by atoms with Crippen molar-refractivity contribution < 1.29 is 18.3 Å². The molecule has 8 heteroatoms. The molecule has 0 saturated heterocycles. The molecule has 1 aliphatic heterocycles. The number of ether oxygens (including phenoxy) is 1. The van der Waals surface area contributed by atoms with Gasteiger partial charge in [0.15, 0.2) is 11.5 Å². The quantitative estimate of drug-likeness (QED) is 0.777. The molecule has 2 spiro atoms. The van der Waals surface area contributed by atoms with E-state index in [0.29, 0.717) is 12.0 Å². The highest BCUT2D eigenvalue weighted by Gasteiger charge is 2.67. The number of benzene rings is 1. The average Bonchev–Trinajstić information content (AvgIpc) is 3.13. The number of alkyl halides is 2. The van der Waals surface area contributed by atoms with Gasteiger partial charge in [-0.2, -0.15) is 5.26 Å². The minimum atomic E-state index is -2.66. The summed E-state index contributed by atoms with van der Waals surface area (Å²) in [6.07, 6.45) is 2.60. The Hall–Kier alpha value is -2.53. The van der Waals surface area contributed by atoms with Crippen molar-refractivity contribution in [1.29, 1.82) is 5.26 Å². The number of carbonyl (C=O) groups excluding carboxylic acids is 1. The number of aliphatic imine (C=N–C) groups is 1. The molecule has 3 aliphatic carbocycles. The minimum Gasteiger partial charge on any atom is -0.381 e. The van der Waals surface area contributed by atoms with Gasteiger partial charge in [-0.05, 0) is 60.8 Å². The fourth-order valence-electron chi connectivity index (χ4n) is 6.76. The van der Waals surface area contributed by atoms with Crippen LogP contribution >= 0.6 is 0 Å². The third kappa shape index (κ3) is 2.83. The van der Waals surface area contributed by atoms with Crippen molar-refractivity contribution in [3.8, 4) is 6.07 Å². The standard InChI is InChI=1S/C24H28F2N4O2/c1-14-8-22(6-5-19(14)32-2)11-17-4-3-15(12-27)7-18(17)24(22)20(31)30(21(28)29-24)13-16-9-23(25,26)10-16/h3-4,7,14,16,19H,5-6,8-11,13H2,1-2H3,(H2,28,29)/t14-,19-,22-,24+/m0/s1. The molecule has 0 radical (unpaired) electrons. The third-order valence-corrected chi connectivity index (χ3v) is 8.21. The second-order valence-corrected chi connectivity index (χ2v) is 10.2. The number of hydrogen-bond donors (Lipinski definition) is 1. The molecule has 32 heavy (non-hydrogen) atoms. The number of guanidine groups is 1. The van der Waals surface area contributed by atoms with Crippen molar-refractivity contribution in [3.63, 3.8) is 0 Å². The van der Waals surface area contributed by atoms with E-state index < -0.39 is 16.9 Å². The Morgan fingerprint density at radius 1 is 1.34 bits per heavy atom. The van der Waals surface area contributed by atoms with Crippen LogP contribution in [0.1, 0.15) is 55.7 Å². The molecule has 4 aliphatic rings. The van der Waals surface area contributed by atoms with Crippen LogP contribution in [-0.4, -0.2) is 42.4 Å². The first-order chi connectivity index (χ1) is 15.1. The molecular weight excluding hydrogens is 414 g/mol. The molecule has 1 heterocycles. The normalized spacial score (nSPS) is 35.7. The average molecular weight is 443 g/mol. The lowest BCUT2D eigenvalue weighted by Gasteiger charge is -2.48. The molecule has 6 nitrogen and oxygen atoms in total. The van der Waals surface area contributed by atoms with Crippen LogP contribution in [0.4, 0.5) is 8.78 Å². The number of amides is 1. The minimum absolute atomic E-state index is 0.0984. The highest BCUT2D eigenvalue weighted by Crippen LogP contribution is 2.63. The molecule has 2 saturated carbocycles. The van der Waals surface area contributed by atoms with Crippen molar-refractivity contribution in [2.45, 2.75) is 63.0 Å². The van der Waals surface area contributed by atoms with Crippen molar-refractivity contribution >= 4 is 11.9 Å². The van der Waals surface area contributed by atoms with Gasteiger partial charge < -0.3 is 10.5 Å². The Labute approximate surface area is 186 Å². The van der Waals surface area contributed by atoms with Gasteiger partial charge in [0.1, 0.15) is 0 Å². The molecule has 1 aromatic carbocycles. The maximum atomic E-state index is 14.1. The molecule has 1 aromatic rings. The zero-order valence-electron chi connectivity index (χ0n) is 18.4. The van der Waals surface area contributed by atoms with Crippen LogP contribution in [0.5, 0.6) is 0 Å². The summed E-state index contributed by atoms with van der Waals surface area (Å²) < 4.78 is 32.5. The van der Waals surface area contributed by atoms with Crippen LogP contribution in [0.25, 0.3) is 0 Å². The van der Waals surface area contributed by atoms with Crippen molar-refractivity contribution in [2.75, 3.05) is 13.7 Å². The third-order valence-electron chi connectivity index (χ3n) is 8.21. The summed E-state index contributed by atoms with van der Waals surface area (Å²) >= 11 is 0. The van der Waals surface area contributed by atoms with E-state index in [1.54, 1.807) is 19.2 Å². The van der Waals surface area contributed by atoms with Gasteiger partial charge >= 0.3 is 0 Å². The Kier molecular flexibility index (Phi) is 4.65. The van der Waals surface area contributed by atoms with Crippen LogP contribution in [0, 0.1) is 28.6 Å². The maximum Gasteiger partial charge on any atom is 0.262 e. The number of nitrogens with two attached hydrogens (primary N) is 1.